The third-order valence-electron chi connectivity index (χ3n) is 2.26. The molecule has 0 aromatic carbocycles. The fraction of sp³-hybridized carbons (Fsp3) is 0.917. The number of amides is 1. The van der Waals surface area contributed by atoms with Crippen molar-refractivity contribution < 1.29 is 9.00 Å². The largest absolute Gasteiger partial charge is 0.353 e. The van der Waals surface area contributed by atoms with Gasteiger partial charge in [0.15, 0.2) is 0 Å². The standard InChI is InChI=1S/C12H26N2O2S/c1-5-7-13-11(4)6-8-17(16)9-12(15)14-10(2)3/h10-11,13H,5-9H2,1-4H3,(H,14,15). The Morgan fingerprint density at radius 2 is 1.94 bits per heavy atom. The van der Waals surface area contributed by atoms with Crippen molar-refractivity contribution in [3.63, 3.8) is 0 Å². The van der Waals surface area contributed by atoms with E-state index in [1.807, 2.05) is 13.8 Å². The average Bonchev–Trinajstić information content (AvgIpc) is 2.22. The minimum Gasteiger partial charge on any atom is -0.353 e. The fourth-order valence-electron chi connectivity index (χ4n) is 1.38. The highest BCUT2D eigenvalue weighted by molar-refractivity contribution is 7.85. The summed E-state index contributed by atoms with van der Waals surface area (Å²) in [4.78, 5) is 11.4. The molecule has 0 aliphatic heterocycles. The molecule has 0 radical (unpaired) electrons. The van der Waals surface area contributed by atoms with Crippen molar-refractivity contribution in [3.05, 3.63) is 0 Å². The molecule has 2 N–H and O–H groups in total. The van der Waals surface area contributed by atoms with E-state index >= 15 is 0 Å². The molecule has 0 saturated carbocycles. The normalized spacial score (nSPS) is 14.6. The molecular formula is C12H26N2O2S. The quantitative estimate of drug-likeness (QED) is 0.653. The second kappa shape index (κ2) is 9.59. The average molecular weight is 262 g/mol. The second-order valence-electron chi connectivity index (χ2n) is 4.65. The van der Waals surface area contributed by atoms with Gasteiger partial charge in [-0.1, -0.05) is 6.92 Å². The Labute approximate surface area is 107 Å². The van der Waals surface area contributed by atoms with Crippen molar-refractivity contribution >= 4 is 16.7 Å². The van der Waals surface area contributed by atoms with E-state index in [-0.39, 0.29) is 17.7 Å². The zero-order valence-corrected chi connectivity index (χ0v) is 12.2. The first-order valence-corrected chi connectivity index (χ1v) is 7.82. The van der Waals surface area contributed by atoms with Crippen molar-refractivity contribution in [1.29, 1.82) is 0 Å². The van der Waals surface area contributed by atoms with E-state index in [1.165, 1.54) is 0 Å². The van der Waals surface area contributed by atoms with Crippen molar-refractivity contribution in [1.82, 2.24) is 10.6 Å². The molecule has 102 valence electrons. The van der Waals surface area contributed by atoms with Crippen LogP contribution in [0.2, 0.25) is 0 Å². The molecule has 0 aromatic rings. The molecule has 0 aromatic heterocycles. The summed E-state index contributed by atoms with van der Waals surface area (Å²) in [7, 11) is -1.04. The van der Waals surface area contributed by atoms with E-state index in [9.17, 15) is 9.00 Å². The van der Waals surface area contributed by atoms with Crippen molar-refractivity contribution in [2.24, 2.45) is 0 Å². The monoisotopic (exact) mass is 262 g/mol. The van der Waals surface area contributed by atoms with E-state index in [4.69, 9.17) is 0 Å². The van der Waals surface area contributed by atoms with E-state index in [0.29, 0.717) is 11.8 Å². The summed E-state index contributed by atoms with van der Waals surface area (Å²) >= 11 is 0. The van der Waals surface area contributed by atoms with Gasteiger partial charge < -0.3 is 10.6 Å². The lowest BCUT2D eigenvalue weighted by Gasteiger charge is -2.13. The molecule has 0 heterocycles. The van der Waals surface area contributed by atoms with Gasteiger partial charge in [0.2, 0.25) is 5.91 Å². The highest BCUT2D eigenvalue weighted by atomic mass is 32.2. The van der Waals surface area contributed by atoms with Crippen LogP contribution in [-0.2, 0) is 15.6 Å². The summed E-state index contributed by atoms with van der Waals surface area (Å²) in [6.45, 7) is 8.99. The molecular weight excluding hydrogens is 236 g/mol. The molecule has 0 aliphatic rings. The van der Waals surface area contributed by atoms with Crippen LogP contribution in [0.1, 0.15) is 40.5 Å². The van der Waals surface area contributed by atoms with Crippen LogP contribution in [0.15, 0.2) is 0 Å². The van der Waals surface area contributed by atoms with E-state index in [1.54, 1.807) is 0 Å². The van der Waals surface area contributed by atoms with Gasteiger partial charge in [0.25, 0.3) is 0 Å². The number of rotatable bonds is 9. The minimum absolute atomic E-state index is 0.115. The van der Waals surface area contributed by atoms with Crippen LogP contribution < -0.4 is 10.6 Å². The first kappa shape index (κ1) is 16.6. The number of nitrogens with one attached hydrogen (secondary N) is 2. The topological polar surface area (TPSA) is 58.2 Å². The molecule has 0 aliphatic carbocycles. The Kier molecular flexibility index (Phi) is 9.36. The number of hydrogen-bond acceptors (Lipinski definition) is 3. The van der Waals surface area contributed by atoms with E-state index in [2.05, 4.69) is 24.5 Å². The Morgan fingerprint density at radius 3 is 2.47 bits per heavy atom. The van der Waals surface area contributed by atoms with Crippen LogP contribution in [0.4, 0.5) is 0 Å². The molecule has 2 unspecified atom stereocenters. The molecule has 0 spiro atoms. The fourth-order valence-corrected chi connectivity index (χ4v) is 2.52. The predicted octanol–water partition coefficient (Wildman–Crippen LogP) is 1.04. The minimum atomic E-state index is -1.04. The number of carbonyl (C=O) groups excluding carboxylic acids is 1. The van der Waals surface area contributed by atoms with E-state index < -0.39 is 10.8 Å². The molecule has 17 heavy (non-hydrogen) atoms. The van der Waals surface area contributed by atoms with Gasteiger partial charge in [0.1, 0.15) is 5.75 Å². The van der Waals surface area contributed by atoms with Gasteiger partial charge >= 0.3 is 0 Å². The highest BCUT2D eigenvalue weighted by Crippen LogP contribution is 1.95. The van der Waals surface area contributed by atoms with Gasteiger partial charge in [-0.25, -0.2) is 0 Å². The summed E-state index contributed by atoms with van der Waals surface area (Å²) in [6.07, 6.45) is 1.95. The molecule has 0 bridgehead atoms. The van der Waals surface area contributed by atoms with Crippen LogP contribution >= 0.6 is 0 Å². The zero-order chi connectivity index (χ0) is 13.3. The Balaban J connectivity index is 3.68. The first-order valence-electron chi connectivity index (χ1n) is 6.33. The van der Waals surface area contributed by atoms with Gasteiger partial charge in [0.05, 0.1) is 0 Å². The summed E-state index contributed by atoms with van der Waals surface area (Å²) in [5, 5.41) is 6.09. The molecule has 4 nitrogen and oxygen atoms in total. The van der Waals surface area contributed by atoms with Crippen molar-refractivity contribution in [3.8, 4) is 0 Å². The maximum Gasteiger partial charge on any atom is 0.232 e. The lowest BCUT2D eigenvalue weighted by molar-refractivity contribution is -0.119. The van der Waals surface area contributed by atoms with Gasteiger partial charge in [-0.15, -0.1) is 0 Å². The number of carbonyl (C=O) groups is 1. The lowest BCUT2D eigenvalue weighted by Crippen LogP contribution is -2.35. The second-order valence-corrected chi connectivity index (χ2v) is 6.23. The molecule has 1 amide bonds. The summed E-state index contributed by atoms with van der Waals surface area (Å²) in [5.41, 5.74) is 0. The highest BCUT2D eigenvalue weighted by Gasteiger charge is 2.10. The summed E-state index contributed by atoms with van der Waals surface area (Å²) in [6, 6.07) is 0.483. The molecule has 2 atom stereocenters. The molecule has 0 saturated heterocycles. The smallest absolute Gasteiger partial charge is 0.232 e. The molecule has 0 rings (SSSR count). The van der Waals surface area contributed by atoms with Crippen LogP contribution in [0.3, 0.4) is 0 Å². The third-order valence-corrected chi connectivity index (χ3v) is 3.54. The Bertz CT molecular complexity index is 245. The predicted molar refractivity (Wildman–Crippen MR) is 73.5 cm³/mol. The van der Waals surface area contributed by atoms with Crippen molar-refractivity contribution in [2.75, 3.05) is 18.1 Å². The van der Waals surface area contributed by atoms with Crippen LogP contribution in [0.25, 0.3) is 0 Å². The lowest BCUT2D eigenvalue weighted by atomic mass is 10.2. The first-order chi connectivity index (χ1) is 7.95. The maximum absolute atomic E-state index is 11.6. The van der Waals surface area contributed by atoms with Gasteiger partial charge in [-0.3, -0.25) is 9.00 Å². The van der Waals surface area contributed by atoms with E-state index in [0.717, 1.165) is 19.4 Å². The Hall–Kier alpha value is -0.420. The third kappa shape index (κ3) is 10.5. The SMILES string of the molecule is CCCNC(C)CCS(=O)CC(=O)NC(C)C. The van der Waals surface area contributed by atoms with Crippen molar-refractivity contribution in [2.45, 2.75) is 52.6 Å². The maximum atomic E-state index is 11.6. The van der Waals surface area contributed by atoms with Crippen LogP contribution in [0.5, 0.6) is 0 Å². The molecule has 5 heteroatoms. The van der Waals surface area contributed by atoms with Crippen LogP contribution in [0, 0.1) is 0 Å². The van der Waals surface area contributed by atoms with Gasteiger partial charge in [-0.05, 0) is 40.2 Å². The summed E-state index contributed by atoms with van der Waals surface area (Å²) in [5.74, 6) is 0.592. The zero-order valence-electron chi connectivity index (χ0n) is 11.4. The molecule has 0 fully saturated rings. The number of hydrogen-bond donors (Lipinski definition) is 2. The van der Waals surface area contributed by atoms with Crippen LogP contribution in [-0.4, -0.2) is 40.3 Å². The van der Waals surface area contributed by atoms with Gasteiger partial charge in [-0.2, -0.15) is 0 Å². The summed E-state index contributed by atoms with van der Waals surface area (Å²) < 4.78 is 11.6. The Morgan fingerprint density at radius 1 is 1.29 bits per heavy atom. The van der Waals surface area contributed by atoms with Gasteiger partial charge in [0, 0.05) is 28.6 Å².